The Morgan fingerprint density at radius 3 is 2.72 bits per heavy atom. The van der Waals surface area contributed by atoms with Crippen molar-refractivity contribution in [3.8, 4) is 10.4 Å². The molecule has 3 aromatic rings. The van der Waals surface area contributed by atoms with Gasteiger partial charge in [0.05, 0.1) is 4.34 Å². The van der Waals surface area contributed by atoms with Crippen molar-refractivity contribution in [2.75, 3.05) is 5.32 Å². The van der Waals surface area contributed by atoms with E-state index in [9.17, 15) is 0 Å². The molecule has 1 aromatic carbocycles. The Morgan fingerprint density at radius 1 is 1.11 bits per heavy atom. The van der Waals surface area contributed by atoms with Crippen molar-refractivity contribution in [2.24, 2.45) is 0 Å². The molecule has 0 bridgehead atoms. The molecule has 0 atom stereocenters. The van der Waals surface area contributed by atoms with Crippen LogP contribution in [0.3, 0.4) is 0 Å². The summed E-state index contributed by atoms with van der Waals surface area (Å²) >= 11 is 9.15. The minimum Gasteiger partial charge on any atom is -0.331 e. The molecule has 2 aromatic heterocycles. The van der Waals surface area contributed by atoms with Crippen molar-refractivity contribution in [2.45, 2.75) is 0 Å². The maximum absolute atomic E-state index is 5.99. The Kier molecular flexibility index (Phi) is 3.32. The van der Waals surface area contributed by atoms with Gasteiger partial charge >= 0.3 is 0 Å². The Labute approximate surface area is 118 Å². The topological polar surface area (TPSA) is 24.9 Å². The number of nitrogens with zero attached hydrogens (tertiary/aromatic N) is 1. The molecule has 0 amide bonds. The number of thiophene rings is 1. The van der Waals surface area contributed by atoms with E-state index < -0.39 is 0 Å². The lowest BCUT2D eigenvalue weighted by molar-refractivity contribution is 1.39. The molecule has 0 spiro atoms. The van der Waals surface area contributed by atoms with Crippen LogP contribution in [0.25, 0.3) is 10.4 Å². The summed E-state index contributed by atoms with van der Waals surface area (Å²) in [5.41, 5.74) is 2.19. The van der Waals surface area contributed by atoms with Crippen molar-refractivity contribution in [3.63, 3.8) is 0 Å². The minimum absolute atomic E-state index is 0.800. The molecule has 0 aliphatic rings. The Morgan fingerprint density at radius 2 is 2.00 bits per heavy atom. The summed E-state index contributed by atoms with van der Waals surface area (Å²) in [6.45, 7) is 0. The van der Waals surface area contributed by atoms with Gasteiger partial charge in [0, 0.05) is 27.7 Å². The summed E-state index contributed by atoms with van der Waals surface area (Å²) in [5, 5.41) is 6.18. The molecule has 0 aliphatic heterocycles. The number of aromatic nitrogens is 1. The van der Waals surface area contributed by atoms with E-state index in [1.165, 1.54) is 0 Å². The van der Waals surface area contributed by atoms with Crippen molar-refractivity contribution in [3.05, 3.63) is 52.3 Å². The van der Waals surface area contributed by atoms with Gasteiger partial charge in [-0.2, -0.15) is 0 Å². The first kappa shape index (κ1) is 11.7. The van der Waals surface area contributed by atoms with Crippen LogP contribution in [0.15, 0.2) is 48.0 Å². The molecule has 0 fully saturated rings. The minimum atomic E-state index is 0.800. The van der Waals surface area contributed by atoms with E-state index in [-0.39, 0.29) is 0 Å². The highest BCUT2D eigenvalue weighted by molar-refractivity contribution is 7.19. The molecule has 5 heteroatoms. The zero-order chi connectivity index (χ0) is 12.4. The number of benzene rings is 1. The van der Waals surface area contributed by atoms with Crippen molar-refractivity contribution in [1.82, 2.24) is 4.98 Å². The van der Waals surface area contributed by atoms with Gasteiger partial charge in [0.2, 0.25) is 0 Å². The third-order valence-electron chi connectivity index (χ3n) is 2.44. The van der Waals surface area contributed by atoms with E-state index >= 15 is 0 Å². The van der Waals surface area contributed by atoms with E-state index in [0.717, 1.165) is 25.6 Å². The molecule has 3 rings (SSSR count). The second-order valence-electron chi connectivity index (χ2n) is 3.61. The summed E-state index contributed by atoms with van der Waals surface area (Å²) in [5.74, 6) is 0. The third kappa shape index (κ3) is 2.41. The van der Waals surface area contributed by atoms with Gasteiger partial charge in [-0.3, -0.25) is 0 Å². The zero-order valence-corrected chi connectivity index (χ0v) is 11.6. The summed E-state index contributed by atoms with van der Waals surface area (Å²) in [7, 11) is 0. The van der Waals surface area contributed by atoms with E-state index in [0.29, 0.717) is 0 Å². The molecule has 0 unspecified atom stereocenters. The van der Waals surface area contributed by atoms with Crippen LogP contribution < -0.4 is 5.32 Å². The largest absolute Gasteiger partial charge is 0.331 e. The molecule has 90 valence electrons. The van der Waals surface area contributed by atoms with Crippen LogP contribution in [0.2, 0.25) is 4.34 Å². The second-order valence-corrected chi connectivity index (χ2v) is 6.22. The van der Waals surface area contributed by atoms with Gasteiger partial charge in [0.1, 0.15) is 0 Å². The van der Waals surface area contributed by atoms with Gasteiger partial charge < -0.3 is 5.32 Å². The highest BCUT2D eigenvalue weighted by Gasteiger charge is 2.07. The van der Waals surface area contributed by atoms with Crippen LogP contribution in [0.4, 0.5) is 10.8 Å². The standard InChI is InChI=1S/C13H9ClN2S2/c14-12-6-5-11(18-12)9-3-1-2-4-10(9)16-13-15-7-8-17-13/h1-8H,(H,15,16). The average Bonchev–Trinajstić information content (AvgIpc) is 3.02. The zero-order valence-electron chi connectivity index (χ0n) is 9.26. The summed E-state index contributed by atoms with van der Waals surface area (Å²) in [6.07, 6.45) is 1.79. The molecule has 2 nitrogen and oxygen atoms in total. The van der Waals surface area contributed by atoms with Gasteiger partial charge in [-0.1, -0.05) is 29.8 Å². The van der Waals surface area contributed by atoms with Crippen LogP contribution >= 0.6 is 34.3 Å². The summed E-state index contributed by atoms with van der Waals surface area (Å²) < 4.78 is 0.800. The average molecular weight is 293 g/mol. The number of rotatable bonds is 3. The highest BCUT2D eigenvalue weighted by Crippen LogP contribution is 2.36. The van der Waals surface area contributed by atoms with E-state index in [1.54, 1.807) is 28.9 Å². The van der Waals surface area contributed by atoms with Gasteiger partial charge in [-0.15, -0.1) is 22.7 Å². The predicted molar refractivity (Wildman–Crippen MR) is 80.2 cm³/mol. The number of nitrogens with one attached hydrogen (secondary N) is 1. The highest BCUT2D eigenvalue weighted by atomic mass is 35.5. The van der Waals surface area contributed by atoms with Crippen molar-refractivity contribution < 1.29 is 0 Å². The lowest BCUT2D eigenvalue weighted by atomic mass is 10.1. The molecule has 0 radical (unpaired) electrons. The van der Waals surface area contributed by atoms with Gasteiger partial charge in [0.15, 0.2) is 5.13 Å². The smallest absolute Gasteiger partial charge is 0.187 e. The molecule has 0 saturated carbocycles. The molecular formula is C13H9ClN2S2. The molecule has 18 heavy (non-hydrogen) atoms. The van der Waals surface area contributed by atoms with Crippen LogP contribution in [0, 0.1) is 0 Å². The van der Waals surface area contributed by atoms with Gasteiger partial charge in [-0.25, -0.2) is 4.98 Å². The Balaban J connectivity index is 2.00. The fourth-order valence-corrected chi connectivity index (χ4v) is 3.29. The predicted octanol–water partition coefficient (Wildman–Crippen LogP) is 5.27. The first-order valence-electron chi connectivity index (χ1n) is 5.34. The summed E-state index contributed by atoms with van der Waals surface area (Å²) in [4.78, 5) is 5.39. The first-order valence-corrected chi connectivity index (χ1v) is 7.41. The van der Waals surface area contributed by atoms with Gasteiger partial charge in [-0.05, 0) is 18.2 Å². The van der Waals surface area contributed by atoms with Gasteiger partial charge in [0.25, 0.3) is 0 Å². The van der Waals surface area contributed by atoms with E-state index in [2.05, 4.69) is 16.4 Å². The molecule has 0 saturated heterocycles. The molecule has 0 aliphatic carbocycles. The second kappa shape index (κ2) is 5.10. The Bertz CT molecular complexity index is 647. The normalized spacial score (nSPS) is 10.5. The fourth-order valence-electron chi connectivity index (χ4n) is 1.67. The number of anilines is 2. The first-order chi connectivity index (χ1) is 8.83. The molecule has 2 heterocycles. The van der Waals surface area contributed by atoms with Crippen LogP contribution in [-0.4, -0.2) is 4.98 Å². The fraction of sp³-hybridized carbons (Fsp3) is 0. The van der Waals surface area contributed by atoms with Crippen LogP contribution in [0.5, 0.6) is 0 Å². The Hall–Kier alpha value is -1.36. The maximum Gasteiger partial charge on any atom is 0.187 e. The number of halogens is 1. The lowest BCUT2D eigenvalue weighted by Gasteiger charge is -2.08. The molecular weight excluding hydrogens is 284 g/mol. The number of hydrogen-bond donors (Lipinski definition) is 1. The SMILES string of the molecule is Clc1ccc(-c2ccccc2Nc2nccs2)s1. The van der Waals surface area contributed by atoms with Crippen molar-refractivity contribution >= 4 is 45.1 Å². The lowest BCUT2D eigenvalue weighted by Crippen LogP contribution is -1.91. The van der Waals surface area contributed by atoms with Crippen LogP contribution in [0.1, 0.15) is 0 Å². The third-order valence-corrected chi connectivity index (χ3v) is 4.39. The molecule has 1 N–H and O–H groups in total. The van der Waals surface area contributed by atoms with Crippen molar-refractivity contribution in [1.29, 1.82) is 0 Å². The van der Waals surface area contributed by atoms with Crippen LogP contribution in [-0.2, 0) is 0 Å². The number of hydrogen-bond acceptors (Lipinski definition) is 4. The van der Waals surface area contributed by atoms with E-state index in [4.69, 9.17) is 11.6 Å². The van der Waals surface area contributed by atoms with E-state index in [1.807, 2.05) is 35.7 Å². The summed E-state index contributed by atoms with van der Waals surface area (Å²) in [6, 6.07) is 12.1. The monoisotopic (exact) mass is 292 g/mol. The number of thiazole rings is 1. The quantitative estimate of drug-likeness (QED) is 0.711. The maximum atomic E-state index is 5.99. The number of para-hydroxylation sites is 1.